The minimum atomic E-state index is -2.13. The van der Waals surface area contributed by atoms with E-state index in [-0.39, 0.29) is 55.4 Å². The van der Waals surface area contributed by atoms with Crippen molar-refractivity contribution in [2.75, 3.05) is 0 Å². The molecule has 3 aromatic heterocycles. The number of aromatic nitrogens is 2. The number of rotatable bonds is 5. The molecule has 0 saturated heterocycles. The van der Waals surface area contributed by atoms with E-state index in [1.807, 2.05) is 62.5 Å². The molecule has 4 aromatic carbocycles. The number of nitrogens with zero attached hydrogens (tertiary/aromatic N) is 2. The Hall–Kier alpha value is -4.15. The van der Waals surface area contributed by atoms with Gasteiger partial charge in [-0.1, -0.05) is 117 Å². The van der Waals surface area contributed by atoms with Crippen LogP contribution < -0.4 is 5.19 Å². The Morgan fingerprint density at radius 3 is 2.37 bits per heavy atom. The third-order valence-corrected chi connectivity index (χ3v) is 9.50. The van der Waals surface area contributed by atoms with Crippen LogP contribution in [0.5, 0.6) is 0 Å². The zero-order valence-corrected chi connectivity index (χ0v) is 29.6. The molecule has 0 fully saturated rings. The van der Waals surface area contributed by atoms with Crippen molar-refractivity contribution in [3.63, 3.8) is 0 Å². The largest absolute Gasteiger partial charge is 0.501 e. The summed E-state index contributed by atoms with van der Waals surface area (Å²) in [4.78, 5) is 8.95. The normalized spacial score (nSPS) is 14.6. The Morgan fingerprint density at radius 2 is 1.70 bits per heavy atom. The predicted octanol–water partition coefficient (Wildman–Crippen LogP) is 10.6. The molecule has 0 unspecified atom stereocenters. The van der Waals surface area contributed by atoms with Crippen molar-refractivity contribution < 1.29 is 36.9 Å². The van der Waals surface area contributed by atoms with Gasteiger partial charge in [0.2, 0.25) is 0 Å². The zero-order chi connectivity index (χ0) is 39.3. The molecular weight excluding hydrogens is 757 g/mol. The number of hydrogen-bond donors (Lipinski definition) is 0. The van der Waals surface area contributed by atoms with Gasteiger partial charge in [0.15, 0.2) is 0 Å². The number of aryl methyl sites for hydroxylation is 1. The minimum absolute atomic E-state index is 0. The number of furan rings is 1. The number of fused-ring (bicyclic) bond motifs is 3. The summed E-state index contributed by atoms with van der Waals surface area (Å²) < 4.78 is 77.0. The van der Waals surface area contributed by atoms with Gasteiger partial charge >= 0.3 is 0 Å². The van der Waals surface area contributed by atoms with Crippen molar-refractivity contribution in [2.24, 2.45) is 0 Å². The number of hydrogen-bond acceptors (Lipinski definition) is 3. The molecule has 233 valence electrons. The van der Waals surface area contributed by atoms with Crippen molar-refractivity contribution in [1.29, 1.82) is 0 Å². The van der Waals surface area contributed by atoms with E-state index in [1.54, 1.807) is 30.5 Å². The van der Waals surface area contributed by atoms with E-state index in [2.05, 4.69) is 41.7 Å². The first kappa shape index (κ1) is 23.2. The van der Waals surface area contributed by atoms with Crippen molar-refractivity contribution in [2.45, 2.75) is 46.2 Å². The van der Waals surface area contributed by atoms with Crippen LogP contribution in [0.2, 0.25) is 19.6 Å². The maximum atomic E-state index is 8.48. The molecule has 7 aromatic rings. The van der Waals surface area contributed by atoms with Crippen LogP contribution in [-0.2, 0) is 20.1 Å². The Bertz CT molecular complexity index is 2480. The molecule has 3 heterocycles. The fourth-order valence-corrected chi connectivity index (χ4v) is 6.77. The molecule has 0 spiro atoms. The van der Waals surface area contributed by atoms with E-state index in [0.29, 0.717) is 16.7 Å². The predicted molar refractivity (Wildman–Crippen MR) is 192 cm³/mol. The smallest absolute Gasteiger partial charge is 0.121 e. The first-order valence-corrected chi connectivity index (χ1v) is 18.2. The summed E-state index contributed by atoms with van der Waals surface area (Å²) in [5.41, 5.74) is 6.07. The summed E-state index contributed by atoms with van der Waals surface area (Å²) in [5, 5.41) is 2.95. The van der Waals surface area contributed by atoms with Gasteiger partial charge in [-0.25, -0.2) is 0 Å². The molecule has 0 saturated carbocycles. The molecule has 5 heteroatoms. The topological polar surface area (TPSA) is 38.9 Å². The van der Waals surface area contributed by atoms with Crippen LogP contribution in [0, 0.1) is 19.0 Å². The van der Waals surface area contributed by atoms with Crippen molar-refractivity contribution in [1.82, 2.24) is 9.97 Å². The second kappa shape index (κ2) is 14.1. The van der Waals surface area contributed by atoms with Crippen LogP contribution in [0.25, 0.3) is 55.6 Å². The van der Waals surface area contributed by atoms with Crippen LogP contribution in [0.1, 0.15) is 43.2 Å². The minimum Gasteiger partial charge on any atom is -0.501 e. The Morgan fingerprint density at radius 1 is 0.870 bits per heavy atom. The van der Waals surface area contributed by atoms with Crippen molar-refractivity contribution in [3.05, 3.63) is 139 Å². The summed E-state index contributed by atoms with van der Waals surface area (Å²) in [5.74, 6) is -0.716. The third kappa shape index (κ3) is 7.13. The van der Waals surface area contributed by atoms with Gasteiger partial charge in [0.1, 0.15) is 5.58 Å². The molecule has 0 bridgehead atoms. The molecule has 0 amide bonds. The summed E-state index contributed by atoms with van der Waals surface area (Å²) in [7, 11) is -1.61. The van der Waals surface area contributed by atoms with E-state index in [1.165, 1.54) is 11.3 Å². The SMILES string of the molecule is [2H]C([2H])([2H])c1c[c-]c(-c2cc(C([2H])(C)C)c([Si](C)(C)C)cn2)cc1.[2H]c1c([2H])c([2H])c(-c2ccc3c(c2)oc2c(-c4ccccn4)[c-]ccc23)c([2H])c1[2H].[Ir]. The Kier molecular flexibility index (Phi) is 7.11. The maximum Gasteiger partial charge on any atom is 0.121 e. The van der Waals surface area contributed by atoms with E-state index < -0.39 is 26.9 Å². The van der Waals surface area contributed by atoms with Gasteiger partial charge in [-0.2, -0.15) is 0 Å². The first-order chi connectivity index (χ1) is 25.3. The van der Waals surface area contributed by atoms with E-state index in [9.17, 15) is 0 Å². The Balaban J connectivity index is 0.000000213. The number of pyridine rings is 2. The van der Waals surface area contributed by atoms with Gasteiger partial charge in [-0.05, 0) is 45.7 Å². The standard InChI is InChI=1S/C23H14NO.C18H24NSi.Ir/c1-2-7-16(8-3-1)17-12-13-18-19-9-6-10-20(21-11-4-5-14-24-21)23(19)25-22(18)15-17;1-13(2)16-11-17(15-9-7-14(3)8-10-15)19-12-18(16)20(4,5)6;/h1-9,11-15H;7-9,11-13H,1-6H3;/q2*-1;/i1D,2D,3D,7D,8D;3D3,13D;. The molecule has 46 heavy (non-hydrogen) atoms. The molecule has 0 aliphatic heterocycles. The summed E-state index contributed by atoms with van der Waals surface area (Å²) in [6, 6.07) is 26.1. The van der Waals surface area contributed by atoms with Crippen LogP contribution in [0.4, 0.5) is 0 Å². The van der Waals surface area contributed by atoms with Crippen molar-refractivity contribution in [3.8, 4) is 33.6 Å². The average Bonchev–Trinajstić information content (AvgIpc) is 3.51. The van der Waals surface area contributed by atoms with E-state index in [0.717, 1.165) is 38.9 Å². The van der Waals surface area contributed by atoms with Gasteiger partial charge < -0.3 is 14.4 Å². The summed E-state index contributed by atoms with van der Waals surface area (Å²) >= 11 is 0. The van der Waals surface area contributed by atoms with Gasteiger partial charge in [0, 0.05) is 43.4 Å². The molecule has 0 atom stereocenters. The monoisotopic (exact) mass is 804 g/mol. The van der Waals surface area contributed by atoms with E-state index >= 15 is 0 Å². The van der Waals surface area contributed by atoms with Gasteiger partial charge in [-0.3, -0.25) is 0 Å². The summed E-state index contributed by atoms with van der Waals surface area (Å²) in [6.07, 6.45) is 3.60. The second-order valence-electron chi connectivity index (χ2n) is 12.0. The molecular formula is C41H38IrN2OSi-2. The first-order valence-electron chi connectivity index (χ1n) is 19.2. The molecule has 1 radical (unpaired) electrons. The molecule has 3 nitrogen and oxygen atoms in total. The zero-order valence-electron chi connectivity index (χ0n) is 35.2. The second-order valence-corrected chi connectivity index (χ2v) is 17.0. The fourth-order valence-electron chi connectivity index (χ4n) is 5.19. The number of benzene rings is 4. The van der Waals surface area contributed by atoms with Gasteiger partial charge in [0.25, 0.3) is 0 Å². The van der Waals surface area contributed by atoms with Gasteiger partial charge in [0.05, 0.1) is 20.5 Å². The quantitative estimate of drug-likeness (QED) is 0.129. The van der Waals surface area contributed by atoms with Gasteiger partial charge in [-0.15, -0.1) is 53.6 Å². The fraction of sp³-hybridized carbons (Fsp3) is 0.171. The average molecular weight is 804 g/mol. The van der Waals surface area contributed by atoms with E-state index in [4.69, 9.17) is 16.8 Å². The maximum absolute atomic E-state index is 8.48. The Labute approximate surface area is 299 Å². The molecule has 0 aliphatic carbocycles. The van der Waals surface area contributed by atoms with Crippen LogP contribution in [-0.4, -0.2) is 18.0 Å². The summed E-state index contributed by atoms with van der Waals surface area (Å²) in [6.45, 7) is 8.38. The molecule has 7 rings (SSSR count). The third-order valence-electron chi connectivity index (χ3n) is 7.48. The van der Waals surface area contributed by atoms with Crippen molar-refractivity contribution >= 4 is 35.2 Å². The van der Waals surface area contributed by atoms with Crippen LogP contribution in [0.3, 0.4) is 0 Å². The molecule has 0 aliphatic rings. The van der Waals surface area contributed by atoms with Crippen LogP contribution in [0.15, 0.2) is 120 Å². The molecule has 0 N–H and O–H groups in total. The van der Waals surface area contributed by atoms with Crippen LogP contribution >= 0.6 is 0 Å².